The minimum absolute atomic E-state index is 0. The van der Waals surface area contributed by atoms with E-state index >= 15 is 0 Å². The van der Waals surface area contributed by atoms with E-state index in [0.717, 1.165) is 4.68 Å². The molecule has 8 heavy (non-hydrogen) atoms. The molecule has 1 aromatic heterocycles. The van der Waals surface area contributed by atoms with Crippen LogP contribution in [-0.4, -0.2) is 20.0 Å². The van der Waals surface area contributed by atoms with Gasteiger partial charge in [0.2, 0.25) is 0 Å². The van der Waals surface area contributed by atoms with Crippen LogP contribution in [0.25, 0.3) is 0 Å². The van der Waals surface area contributed by atoms with E-state index in [1.165, 1.54) is 6.33 Å². The van der Waals surface area contributed by atoms with Crippen molar-refractivity contribution in [1.82, 2.24) is 14.9 Å². The maximum absolute atomic E-state index is 8.42. The summed E-state index contributed by atoms with van der Waals surface area (Å²) in [6.07, 6.45) is 1.20. The van der Waals surface area contributed by atoms with Gasteiger partial charge in [0.25, 0.3) is 0 Å². The molecule has 0 bridgehead atoms. The first kappa shape index (κ1) is 6.74. The molecule has 0 saturated heterocycles. The average molecular weight is 116 g/mol. The highest BCUT2D eigenvalue weighted by molar-refractivity contribution is 4.86. The van der Waals surface area contributed by atoms with Crippen molar-refractivity contribution >= 4 is 0 Å². The monoisotopic (exact) mass is 116 g/mol. The van der Waals surface area contributed by atoms with Gasteiger partial charge in [0.15, 0.2) is 0 Å². The lowest BCUT2D eigenvalue weighted by Crippen LogP contribution is -2.04. The smallest absolute Gasteiger partial charge is 0.333 e. The molecule has 1 rings (SSSR count). The number of rotatable bonds is 0. The SMILES string of the molecule is C.Nn1cnnc1O. The molecule has 0 unspecified atom stereocenters. The summed E-state index contributed by atoms with van der Waals surface area (Å²) in [4.78, 5) is 0. The van der Waals surface area contributed by atoms with Crippen molar-refractivity contribution in [2.75, 3.05) is 5.84 Å². The second kappa shape index (κ2) is 2.15. The second-order valence-electron chi connectivity index (χ2n) is 1.04. The number of hydrogen-bond donors (Lipinski definition) is 2. The minimum Gasteiger partial charge on any atom is -0.478 e. The van der Waals surface area contributed by atoms with E-state index in [1.54, 1.807) is 0 Å². The molecular weight excluding hydrogens is 108 g/mol. The third-order valence-electron chi connectivity index (χ3n) is 0.554. The van der Waals surface area contributed by atoms with Gasteiger partial charge in [0.1, 0.15) is 6.33 Å². The Morgan fingerprint density at radius 2 is 2.38 bits per heavy atom. The molecule has 0 aromatic carbocycles. The summed E-state index contributed by atoms with van der Waals surface area (Å²) in [5, 5.41) is 14.8. The van der Waals surface area contributed by atoms with E-state index in [-0.39, 0.29) is 13.4 Å². The van der Waals surface area contributed by atoms with Crippen LogP contribution in [0.5, 0.6) is 6.01 Å². The number of nitrogen functional groups attached to an aromatic ring is 1. The largest absolute Gasteiger partial charge is 0.478 e. The van der Waals surface area contributed by atoms with E-state index in [2.05, 4.69) is 10.2 Å². The van der Waals surface area contributed by atoms with E-state index in [4.69, 9.17) is 10.9 Å². The van der Waals surface area contributed by atoms with Crippen LogP contribution in [0.3, 0.4) is 0 Å². The highest BCUT2D eigenvalue weighted by atomic mass is 16.3. The molecule has 46 valence electrons. The Kier molecular flexibility index (Phi) is 1.81. The van der Waals surface area contributed by atoms with E-state index in [9.17, 15) is 0 Å². The van der Waals surface area contributed by atoms with Gasteiger partial charge in [-0.3, -0.25) is 0 Å². The fourth-order valence-electron chi connectivity index (χ4n) is 0.236. The first-order valence-corrected chi connectivity index (χ1v) is 1.65. The lowest BCUT2D eigenvalue weighted by Gasteiger charge is -1.84. The van der Waals surface area contributed by atoms with Crippen molar-refractivity contribution in [3.63, 3.8) is 0 Å². The Labute approximate surface area is 46.7 Å². The number of aromatic nitrogens is 3. The van der Waals surface area contributed by atoms with Gasteiger partial charge in [-0.1, -0.05) is 12.5 Å². The third kappa shape index (κ3) is 0.868. The predicted octanol–water partition coefficient (Wildman–Crippen LogP) is -0.666. The van der Waals surface area contributed by atoms with Gasteiger partial charge in [-0.05, 0) is 0 Å². The summed E-state index contributed by atoms with van der Waals surface area (Å²) in [6, 6.07) is -0.278. The summed E-state index contributed by atoms with van der Waals surface area (Å²) >= 11 is 0. The number of nitrogens with zero attached hydrogens (tertiary/aromatic N) is 3. The fourth-order valence-corrected chi connectivity index (χ4v) is 0.236. The van der Waals surface area contributed by atoms with Crippen LogP contribution in [0.15, 0.2) is 6.33 Å². The Morgan fingerprint density at radius 1 is 1.75 bits per heavy atom. The zero-order valence-electron chi connectivity index (χ0n) is 3.44. The Hall–Kier alpha value is -1.26. The van der Waals surface area contributed by atoms with Crippen LogP contribution >= 0.6 is 0 Å². The highest BCUT2D eigenvalue weighted by Gasteiger charge is 1.90. The average Bonchev–Trinajstić information content (AvgIpc) is 1.91. The summed E-state index contributed by atoms with van der Waals surface area (Å²) in [5.74, 6) is 4.98. The topological polar surface area (TPSA) is 77.0 Å². The van der Waals surface area contributed by atoms with Gasteiger partial charge in [-0.2, -0.15) is 4.68 Å². The Bertz CT molecular complexity index is 144. The van der Waals surface area contributed by atoms with Gasteiger partial charge in [0.05, 0.1) is 0 Å². The first-order valence-electron chi connectivity index (χ1n) is 1.65. The van der Waals surface area contributed by atoms with Gasteiger partial charge >= 0.3 is 6.01 Å². The maximum atomic E-state index is 8.42. The summed E-state index contributed by atoms with van der Waals surface area (Å²) in [7, 11) is 0. The first-order chi connectivity index (χ1) is 3.30. The van der Waals surface area contributed by atoms with Crippen LogP contribution in [-0.2, 0) is 0 Å². The van der Waals surface area contributed by atoms with Gasteiger partial charge < -0.3 is 10.9 Å². The van der Waals surface area contributed by atoms with Crippen molar-refractivity contribution < 1.29 is 5.11 Å². The minimum atomic E-state index is -0.278. The Morgan fingerprint density at radius 3 is 2.50 bits per heavy atom. The zero-order chi connectivity index (χ0) is 5.28. The molecule has 5 heteroatoms. The van der Waals surface area contributed by atoms with Crippen molar-refractivity contribution in [2.45, 2.75) is 7.43 Å². The van der Waals surface area contributed by atoms with Crippen LogP contribution in [0.4, 0.5) is 0 Å². The van der Waals surface area contributed by atoms with E-state index < -0.39 is 0 Å². The van der Waals surface area contributed by atoms with Gasteiger partial charge in [0, 0.05) is 0 Å². The predicted molar refractivity (Wildman–Crippen MR) is 28.6 cm³/mol. The normalized spacial score (nSPS) is 8.00. The standard InChI is InChI=1S/C2H4N4O.CH4/c3-6-1-4-5-2(6)7;/h1H,3H2,(H,5,7);1H4. The zero-order valence-corrected chi connectivity index (χ0v) is 3.44. The van der Waals surface area contributed by atoms with Crippen molar-refractivity contribution in [2.24, 2.45) is 0 Å². The van der Waals surface area contributed by atoms with Crippen LogP contribution < -0.4 is 5.84 Å². The molecule has 1 aromatic rings. The second-order valence-corrected chi connectivity index (χ2v) is 1.04. The number of nitrogens with two attached hydrogens (primary N) is 1. The van der Waals surface area contributed by atoms with Crippen LogP contribution in [0.1, 0.15) is 7.43 Å². The molecule has 0 spiro atoms. The van der Waals surface area contributed by atoms with Crippen molar-refractivity contribution in [3.05, 3.63) is 6.33 Å². The lowest BCUT2D eigenvalue weighted by molar-refractivity contribution is 0.415. The van der Waals surface area contributed by atoms with Crippen molar-refractivity contribution in [1.29, 1.82) is 0 Å². The highest BCUT2D eigenvalue weighted by Crippen LogP contribution is 1.91. The Balaban J connectivity index is 0.000000490. The molecule has 0 aliphatic heterocycles. The fraction of sp³-hybridized carbons (Fsp3) is 0.333. The molecular formula is C3H8N4O. The summed E-state index contributed by atoms with van der Waals surface area (Å²) in [5.41, 5.74) is 0. The van der Waals surface area contributed by atoms with Crippen LogP contribution in [0.2, 0.25) is 0 Å². The molecule has 0 saturated carbocycles. The molecule has 0 radical (unpaired) electrons. The molecule has 3 N–H and O–H groups in total. The molecule has 0 aliphatic rings. The molecule has 1 heterocycles. The van der Waals surface area contributed by atoms with E-state index in [0.29, 0.717) is 0 Å². The molecule has 0 aliphatic carbocycles. The number of hydrogen-bond acceptors (Lipinski definition) is 4. The molecule has 0 atom stereocenters. The van der Waals surface area contributed by atoms with Crippen LogP contribution in [0, 0.1) is 0 Å². The van der Waals surface area contributed by atoms with Gasteiger partial charge in [-0.25, -0.2) is 0 Å². The van der Waals surface area contributed by atoms with Gasteiger partial charge in [-0.15, -0.1) is 5.10 Å². The molecule has 0 fully saturated rings. The maximum Gasteiger partial charge on any atom is 0.333 e. The quantitative estimate of drug-likeness (QED) is 0.441. The summed E-state index contributed by atoms with van der Waals surface area (Å²) < 4.78 is 0.917. The van der Waals surface area contributed by atoms with E-state index in [1.807, 2.05) is 0 Å². The summed E-state index contributed by atoms with van der Waals surface area (Å²) in [6.45, 7) is 0. The molecule has 5 nitrogen and oxygen atoms in total. The molecule has 0 amide bonds. The van der Waals surface area contributed by atoms with Crippen molar-refractivity contribution in [3.8, 4) is 6.01 Å². The number of aromatic hydroxyl groups is 1. The lowest BCUT2D eigenvalue weighted by atomic mass is 11.2. The third-order valence-corrected chi connectivity index (χ3v) is 0.554.